The van der Waals surface area contributed by atoms with Gasteiger partial charge in [0.15, 0.2) is 0 Å². The fourth-order valence-electron chi connectivity index (χ4n) is 2.98. The molecular weight excluding hydrogens is 372 g/mol. The number of H-pyrrole nitrogens is 1. The third kappa shape index (κ3) is 3.46. The highest BCUT2D eigenvalue weighted by Crippen LogP contribution is 2.30. The van der Waals surface area contributed by atoms with Gasteiger partial charge >= 0.3 is 5.97 Å². The quantitative estimate of drug-likeness (QED) is 0.516. The molecule has 2 aromatic carbocycles. The normalized spacial score (nSPS) is 10.9. The van der Waals surface area contributed by atoms with Gasteiger partial charge in [-0.2, -0.15) is 0 Å². The molecule has 140 valence electrons. The number of hydrogen-bond acceptors (Lipinski definition) is 5. The first-order valence-corrected chi connectivity index (χ1v) is 9.71. The van der Waals surface area contributed by atoms with E-state index in [0.29, 0.717) is 21.6 Å². The van der Waals surface area contributed by atoms with Gasteiger partial charge in [-0.15, -0.1) is 11.3 Å². The molecule has 0 aliphatic carbocycles. The van der Waals surface area contributed by atoms with Crippen LogP contribution in [-0.4, -0.2) is 15.9 Å². The number of aryl methyl sites for hydroxylation is 2. The van der Waals surface area contributed by atoms with E-state index in [9.17, 15) is 9.59 Å². The molecule has 0 fully saturated rings. The minimum Gasteiger partial charge on any atom is -0.454 e. The molecule has 0 bridgehead atoms. The highest BCUT2D eigenvalue weighted by atomic mass is 32.1. The molecule has 0 radical (unpaired) electrons. The molecule has 0 aliphatic rings. The number of carbonyl (C=O) groups is 1. The molecule has 2 heterocycles. The van der Waals surface area contributed by atoms with Gasteiger partial charge in [-0.3, -0.25) is 4.79 Å². The average Bonchev–Trinajstić information content (AvgIpc) is 3.13. The standard InChI is InChI=1S/C22H18N2O3S/c1-13-8-9-16(10-14(13)2)22(26)27-11-18-23-20(25)19-17(12-28-21(19)24-18)15-6-4-3-5-7-15/h3-10,12H,11H2,1-2H3,(H,23,24,25). The van der Waals surface area contributed by atoms with Crippen LogP contribution in [0, 0.1) is 13.8 Å². The molecule has 0 atom stereocenters. The van der Waals surface area contributed by atoms with Gasteiger partial charge in [-0.1, -0.05) is 36.4 Å². The predicted molar refractivity (Wildman–Crippen MR) is 111 cm³/mol. The second kappa shape index (κ2) is 7.40. The van der Waals surface area contributed by atoms with Gasteiger partial charge in [0.2, 0.25) is 0 Å². The Labute approximate surface area is 165 Å². The van der Waals surface area contributed by atoms with E-state index in [4.69, 9.17) is 4.74 Å². The van der Waals surface area contributed by atoms with Crippen molar-refractivity contribution in [1.29, 1.82) is 0 Å². The van der Waals surface area contributed by atoms with Crippen LogP contribution in [-0.2, 0) is 11.3 Å². The Morgan fingerprint density at radius 2 is 1.89 bits per heavy atom. The Morgan fingerprint density at radius 1 is 1.11 bits per heavy atom. The molecular formula is C22H18N2O3S. The Hall–Kier alpha value is -3.25. The van der Waals surface area contributed by atoms with Crippen LogP contribution in [0.3, 0.4) is 0 Å². The first-order chi connectivity index (χ1) is 13.5. The fourth-order valence-corrected chi connectivity index (χ4v) is 3.94. The van der Waals surface area contributed by atoms with Crippen LogP contribution in [0.2, 0.25) is 0 Å². The van der Waals surface area contributed by atoms with Gasteiger partial charge in [0.1, 0.15) is 17.3 Å². The number of fused-ring (bicyclic) bond motifs is 1. The molecule has 4 aromatic rings. The van der Waals surface area contributed by atoms with E-state index < -0.39 is 5.97 Å². The van der Waals surface area contributed by atoms with E-state index in [1.165, 1.54) is 11.3 Å². The smallest absolute Gasteiger partial charge is 0.338 e. The number of thiophene rings is 1. The number of carbonyl (C=O) groups excluding carboxylic acids is 1. The summed E-state index contributed by atoms with van der Waals surface area (Å²) < 4.78 is 5.34. The summed E-state index contributed by atoms with van der Waals surface area (Å²) in [7, 11) is 0. The van der Waals surface area contributed by atoms with Gasteiger partial charge < -0.3 is 9.72 Å². The zero-order valence-electron chi connectivity index (χ0n) is 15.5. The molecule has 4 rings (SSSR count). The fraction of sp³-hybridized carbons (Fsp3) is 0.136. The summed E-state index contributed by atoms with van der Waals surface area (Å²) >= 11 is 1.40. The lowest BCUT2D eigenvalue weighted by Crippen LogP contribution is -2.14. The van der Waals surface area contributed by atoms with E-state index >= 15 is 0 Å². The minimum atomic E-state index is -0.443. The van der Waals surface area contributed by atoms with Crippen molar-refractivity contribution >= 4 is 27.5 Å². The van der Waals surface area contributed by atoms with Crippen molar-refractivity contribution in [2.24, 2.45) is 0 Å². The van der Waals surface area contributed by atoms with Gasteiger partial charge in [0.05, 0.1) is 10.9 Å². The maximum absolute atomic E-state index is 12.6. The lowest BCUT2D eigenvalue weighted by Gasteiger charge is -2.07. The van der Waals surface area contributed by atoms with Crippen LogP contribution >= 0.6 is 11.3 Å². The molecule has 0 aliphatic heterocycles. The molecule has 2 aromatic heterocycles. The van der Waals surface area contributed by atoms with Crippen molar-refractivity contribution in [3.63, 3.8) is 0 Å². The highest BCUT2D eigenvalue weighted by molar-refractivity contribution is 7.17. The van der Waals surface area contributed by atoms with Gasteiger partial charge in [-0.25, -0.2) is 9.78 Å². The van der Waals surface area contributed by atoms with Crippen LogP contribution in [0.5, 0.6) is 0 Å². The number of aromatic amines is 1. The number of hydrogen-bond donors (Lipinski definition) is 1. The van der Waals surface area contributed by atoms with Crippen molar-refractivity contribution in [3.8, 4) is 11.1 Å². The summed E-state index contributed by atoms with van der Waals surface area (Å²) in [5, 5.41) is 2.48. The molecule has 0 amide bonds. The number of nitrogens with one attached hydrogen (secondary N) is 1. The lowest BCUT2D eigenvalue weighted by atomic mass is 10.1. The number of nitrogens with zero attached hydrogens (tertiary/aromatic N) is 1. The highest BCUT2D eigenvalue weighted by Gasteiger charge is 2.14. The maximum Gasteiger partial charge on any atom is 0.338 e. The molecule has 0 unspecified atom stereocenters. The number of ether oxygens (including phenoxy) is 1. The molecule has 0 saturated heterocycles. The molecule has 28 heavy (non-hydrogen) atoms. The van der Waals surface area contributed by atoms with Crippen molar-refractivity contribution in [1.82, 2.24) is 9.97 Å². The Morgan fingerprint density at radius 3 is 2.64 bits per heavy atom. The first kappa shape index (κ1) is 18.1. The third-order valence-electron chi connectivity index (χ3n) is 4.66. The minimum absolute atomic E-state index is 0.0878. The molecule has 1 N–H and O–H groups in total. The van der Waals surface area contributed by atoms with Crippen LogP contribution < -0.4 is 5.56 Å². The number of esters is 1. The summed E-state index contributed by atoms with van der Waals surface area (Å²) in [6.45, 7) is 3.84. The zero-order chi connectivity index (χ0) is 19.7. The van der Waals surface area contributed by atoms with Gasteiger partial charge in [-0.05, 0) is 42.7 Å². The van der Waals surface area contributed by atoms with E-state index in [-0.39, 0.29) is 12.2 Å². The van der Waals surface area contributed by atoms with Crippen molar-refractivity contribution in [3.05, 3.63) is 86.8 Å². The number of benzene rings is 2. The van der Waals surface area contributed by atoms with Crippen LogP contribution in [0.15, 0.2) is 58.7 Å². The number of rotatable bonds is 4. The van der Waals surface area contributed by atoms with Crippen LogP contribution in [0.1, 0.15) is 27.3 Å². The Kier molecular flexibility index (Phi) is 4.79. The summed E-state index contributed by atoms with van der Waals surface area (Å²) in [5.74, 6) is -0.113. The van der Waals surface area contributed by atoms with E-state index in [1.807, 2.05) is 55.6 Å². The van der Waals surface area contributed by atoms with Crippen LogP contribution in [0.4, 0.5) is 0 Å². The molecule has 0 spiro atoms. The zero-order valence-corrected chi connectivity index (χ0v) is 16.3. The molecule has 0 saturated carbocycles. The predicted octanol–water partition coefficient (Wildman–Crippen LogP) is 4.63. The summed E-state index contributed by atoms with van der Waals surface area (Å²) in [5.41, 5.74) is 4.20. The second-order valence-electron chi connectivity index (χ2n) is 6.58. The monoisotopic (exact) mass is 390 g/mol. The molecule has 6 heteroatoms. The van der Waals surface area contributed by atoms with Crippen LogP contribution in [0.25, 0.3) is 21.3 Å². The van der Waals surface area contributed by atoms with E-state index in [2.05, 4.69) is 9.97 Å². The summed E-state index contributed by atoms with van der Waals surface area (Å²) in [6, 6.07) is 15.1. The largest absolute Gasteiger partial charge is 0.454 e. The van der Waals surface area contributed by atoms with Crippen molar-refractivity contribution < 1.29 is 9.53 Å². The summed E-state index contributed by atoms with van der Waals surface area (Å²) in [4.78, 5) is 32.7. The average molecular weight is 390 g/mol. The second-order valence-corrected chi connectivity index (χ2v) is 7.44. The van der Waals surface area contributed by atoms with E-state index in [0.717, 1.165) is 22.3 Å². The van der Waals surface area contributed by atoms with Crippen molar-refractivity contribution in [2.75, 3.05) is 0 Å². The molecule has 5 nitrogen and oxygen atoms in total. The van der Waals surface area contributed by atoms with Gasteiger partial charge in [0, 0.05) is 10.9 Å². The van der Waals surface area contributed by atoms with Crippen molar-refractivity contribution in [2.45, 2.75) is 20.5 Å². The Balaban J connectivity index is 1.58. The topological polar surface area (TPSA) is 72.0 Å². The Bertz CT molecular complexity index is 1230. The lowest BCUT2D eigenvalue weighted by molar-refractivity contribution is 0.0462. The SMILES string of the molecule is Cc1ccc(C(=O)OCc2nc3scc(-c4ccccc4)c3c(=O)[nH]2)cc1C. The van der Waals surface area contributed by atoms with E-state index in [1.54, 1.807) is 12.1 Å². The maximum atomic E-state index is 12.6. The third-order valence-corrected chi connectivity index (χ3v) is 5.53. The van der Waals surface area contributed by atoms with Gasteiger partial charge in [0.25, 0.3) is 5.56 Å². The first-order valence-electron chi connectivity index (χ1n) is 8.83. The number of aromatic nitrogens is 2. The summed E-state index contributed by atoms with van der Waals surface area (Å²) in [6.07, 6.45) is 0.